The number of benzene rings is 1. The Balaban J connectivity index is 1.40. The monoisotopic (exact) mass is 456 g/mol. The van der Waals surface area contributed by atoms with Crippen molar-refractivity contribution < 1.29 is 4.39 Å². The van der Waals surface area contributed by atoms with E-state index in [4.69, 9.17) is 4.98 Å². The van der Waals surface area contributed by atoms with Gasteiger partial charge in [0.2, 0.25) is 0 Å². The Morgan fingerprint density at radius 3 is 2.50 bits per heavy atom. The van der Waals surface area contributed by atoms with Crippen LogP contribution in [-0.4, -0.2) is 49.0 Å². The van der Waals surface area contributed by atoms with Crippen molar-refractivity contribution in [2.45, 2.75) is 46.1 Å². The predicted molar refractivity (Wildman–Crippen MR) is 130 cm³/mol. The van der Waals surface area contributed by atoms with E-state index in [9.17, 15) is 0 Å². The average Bonchev–Trinajstić information content (AvgIpc) is 3.20. The van der Waals surface area contributed by atoms with Crippen LogP contribution in [-0.2, 0) is 6.54 Å². The molecule has 6 nitrogen and oxygen atoms in total. The smallest absolute Gasteiger partial charge is 0.164 e. The summed E-state index contributed by atoms with van der Waals surface area (Å²) < 4.78 is 17.5. The third kappa shape index (κ3) is 3.68. The maximum Gasteiger partial charge on any atom is 0.164 e. The number of piperidine rings is 3. The number of aryl methyl sites for hydroxylation is 3. The van der Waals surface area contributed by atoms with Crippen molar-refractivity contribution >= 4 is 11.2 Å². The number of aromatic nitrogens is 5. The second-order valence-corrected chi connectivity index (χ2v) is 9.83. The van der Waals surface area contributed by atoms with Crippen molar-refractivity contribution in [2.75, 3.05) is 19.6 Å². The minimum atomic E-state index is -0.161. The molecule has 3 saturated heterocycles. The first-order chi connectivity index (χ1) is 16.5. The number of fused-ring (bicyclic) bond motifs is 4. The standard InChI is InChI=1S/C27H29FN6/c1-16-4-5-21(13-29-16)26-32-25-17(2)30-18(3)31-27(25)34(26)14-22-7-6-20(12-24(22)28)23-15-33-10-8-19(23)9-11-33/h4-7,12-13,19,23H,8-11,14-15H2,1-3H3. The third-order valence-corrected chi connectivity index (χ3v) is 7.54. The van der Waals surface area contributed by atoms with E-state index in [0.29, 0.717) is 29.8 Å². The van der Waals surface area contributed by atoms with Crippen molar-refractivity contribution in [3.63, 3.8) is 0 Å². The molecule has 1 unspecified atom stereocenters. The molecule has 1 atom stereocenters. The second kappa shape index (κ2) is 8.24. The van der Waals surface area contributed by atoms with Crippen LogP contribution in [0.3, 0.4) is 0 Å². The highest BCUT2D eigenvalue weighted by Crippen LogP contribution is 2.39. The number of nitrogens with zero attached hydrogens (tertiary/aromatic N) is 6. The van der Waals surface area contributed by atoms with E-state index in [2.05, 4.69) is 25.9 Å². The van der Waals surface area contributed by atoms with E-state index < -0.39 is 0 Å². The largest absolute Gasteiger partial charge is 0.304 e. The predicted octanol–water partition coefficient (Wildman–Crippen LogP) is 4.81. The summed E-state index contributed by atoms with van der Waals surface area (Å²) in [6.07, 6.45) is 4.26. The summed E-state index contributed by atoms with van der Waals surface area (Å²) in [5, 5.41) is 0. The first-order valence-corrected chi connectivity index (χ1v) is 12.1. The first-order valence-electron chi connectivity index (χ1n) is 12.1. The van der Waals surface area contributed by atoms with Gasteiger partial charge in [0.25, 0.3) is 0 Å². The van der Waals surface area contributed by atoms with E-state index in [0.717, 1.165) is 46.0 Å². The fourth-order valence-electron chi connectivity index (χ4n) is 5.68. The highest BCUT2D eigenvalue weighted by Gasteiger charge is 2.35. The molecule has 0 radical (unpaired) electrons. The highest BCUT2D eigenvalue weighted by molar-refractivity contribution is 5.79. The summed E-state index contributed by atoms with van der Waals surface area (Å²) in [6, 6.07) is 9.81. The molecule has 7 heteroatoms. The van der Waals surface area contributed by atoms with E-state index in [1.807, 2.05) is 49.7 Å². The number of pyridine rings is 1. The molecular formula is C27H29FN6. The van der Waals surface area contributed by atoms with Gasteiger partial charge >= 0.3 is 0 Å². The number of halogens is 1. The van der Waals surface area contributed by atoms with Crippen molar-refractivity contribution in [1.82, 2.24) is 29.4 Å². The molecule has 0 saturated carbocycles. The third-order valence-electron chi connectivity index (χ3n) is 7.54. The summed E-state index contributed by atoms with van der Waals surface area (Å²) in [5.74, 6) is 2.36. The van der Waals surface area contributed by atoms with Gasteiger partial charge in [-0.05, 0) is 82.3 Å². The summed E-state index contributed by atoms with van der Waals surface area (Å²) in [5.41, 5.74) is 5.87. The summed E-state index contributed by atoms with van der Waals surface area (Å²) >= 11 is 0. The van der Waals surface area contributed by atoms with Crippen LogP contribution in [0.25, 0.3) is 22.6 Å². The minimum Gasteiger partial charge on any atom is -0.304 e. The van der Waals surface area contributed by atoms with Gasteiger partial charge in [0, 0.05) is 29.6 Å². The molecule has 7 rings (SSSR count). The summed E-state index contributed by atoms with van der Waals surface area (Å²) in [4.78, 5) is 21.0. The highest BCUT2D eigenvalue weighted by atomic mass is 19.1. The van der Waals surface area contributed by atoms with E-state index >= 15 is 4.39 Å². The van der Waals surface area contributed by atoms with Gasteiger partial charge in [0.15, 0.2) is 5.65 Å². The van der Waals surface area contributed by atoms with Gasteiger partial charge in [-0.15, -0.1) is 0 Å². The second-order valence-electron chi connectivity index (χ2n) is 9.83. The molecule has 0 spiro atoms. The van der Waals surface area contributed by atoms with E-state index in [1.165, 1.54) is 25.9 Å². The number of imidazole rings is 1. The van der Waals surface area contributed by atoms with Crippen LogP contribution in [0.2, 0.25) is 0 Å². The van der Waals surface area contributed by atoms with E-state index in [1.54, 1.807) is 6.07 Å². The molecule has 3 fully saturated rings. The van der Waals surface area contributed by atoms with Crippen LogP contribution >= 0.6 is 0 Å². The van der Waals surface area contributed by atoms with Gasteiger partial charge in [-0.2, -0.15) is 0 Å². The Morgan fingerprint density at radius 2 is 1.82 bits per heavy atom. The van der Waals surface area contributed by atoms with Crippen LogP contribution in [0, 0.1) is 32.5 Å². The number of hydrogen-bond acceptors (Lipinski definition) is 5. The lowest BCUT2D eigenvalue weighted by Crippen LogP contribution is -2.46. The lowest BCUT2D eigenvalue weighted by Gasteiger charge is -2.45. The van der Waals surface area contributed by atoms with Crippen molar-refractivity contribution in [3.05, 3.63) is 70.7 Å². The van der Waals surface area contributed by atoms with Crippen molar-refractivity contribution in [1.29, 1.82) is 0 Å². The fourth-order valence-corrected chi connectivity index (χ4v) is 5.68. The van der Waals surface area contributed by atoms with Gasteiger partial charge in [0.1, 0.15) is 23.0 Å². The van der Waals surface area contributed by atoms with Gasteiger partial charge < -0.3 is 9.47 Å². The molecular weight excluding hydrogens is 427 g/mol. The lowest BCUT2D eigenvalue weighted by molar-refractivity contribution is 0.0870. The molecule has 1 aromatic carbocycles. The zero-order valence-corrected chi connectivity index (χ0v) is 19.9. The molecule has 3 aliphatic rings. The number of rotatable bonds is 4. The minimum absolute atomic E-state index is 0.161. The normalized spacial score (nSPS) is 21.9. The van der Waals surface area contributed by atoms with Crippen LogP contribution in [0.15, 0.2) is 36.5 Å². The zero-order chi connectivity index (χ0) is 23.4. The van der Waals surface area contributed by atoms with E-state index in [-0.39, 0.29) is 5.82 Å². The van der Waals surface area contributed by atoms with Gasteiger partial charge in [0.05, 0.1) is 12.2 Å². The molecule has 0 amide bonds. The molecule has 34 heavy (non-hydrogen) atoms. The van der Waals surface area contributed by atoms with Crippen LogP contribution in [0.5, 0.6) is 0 Å². The molecule has 4 aromatic rings. The molecule has 0 N–H and O–H groups in total. The molecule has 2 bridgehead atoms. The maximum atomic E-state index is 15.5. The molecule has 0 aliphatic carbocycles. The van der Waals surface area contributed by atoms with Crippen LogP contribution < -0.4 is 0 Å². The van der Waals surface area contributed by atoms with Crippen LogP contribution in [0.1, 0.15) is 47.1 Å². The van der Waals surface area contributed by atoms with Crippen molar-refractivity contribution in [3.8, 4) is 11.4 Å². The Hall–Kier alpha value is -3.19. The molecule has 3 aromatic heterocycles. The lowest BCUT2D eigenvalue weighted by atomic mass is 9.75. The van der Waals surface area contributed by atoms with Crippen molar-refractivity contribution in [2.24, 2.45) is 5.92 Å². The average molecular weight is 457 g/mol. The van der Waals surface area contributed by atoms with Gasteiger partial charge in [-0.1, -0.05) is 12.1 Å². The van der Waals surface area contributed by atoms with Crippen LogP contribution in [0.4, 0.5) is 4.39 Å². The molecule has 174 valence electrons. The first kappa shape index (κ1) is 21.4. The molecule has 3 aliphatic heterocycles. The van der Waals surface area contributed by atoms with Gasteiger partial charge in [-0.3, -0.25) is 4.98 Å². The Bertz CT molecular complexity index is 1370. The number of hydrogen-bond donors (Lipinski definition) is 0. The summed E-state index contributed by atoms with van der Waals surface area (Å²) in [6.45, 7) is 9.55. The summed E-state index contributed by atoms with van der Waals surface area (Å²) in [7, 11) is 0. The fraction of sp³-hybridized carbons (Fsp3) is 0.407. The Labute approximate surface area is 198 Å². The topological polar surface area (TPSA) is 59.7 Å². The van der Waals surface area contributed by atoms with Gasteiger partial charge in [-0.25, -0.2) is 19.3 Å². The maximum absolute atomic E-state index is 15.5. The zero-order valence-electron chi connectivity index (χ0n) is 19.9. The quantitative estimate of drug-likeness (QED) is 0.441. The SMILES string of the molecule is Cc1ccc(-c2nc3c(C)nc(C)nc3n2Cc2ccc(C3CN4CCC3CC4)cc2F)cn1. The Kier molecular flexibility index (Phi) is 5.17. The Morgan fingerprint density at radius 1 is 1.00 bits per heavy atom. The molecule has 6 heterocycles.